The average molecular weight is 243 g/mol. The number of hydrogen-bond donors (Lipinski definition) is 1. The van der Waals surface area contributed by atoms with Crippen LogP contribution in [0.25, 0.3) is 0 Å². The van der Waals surface area contributed by atoms with Crippen LogP contribution in [0.2, 0.25) is 0 Å². The lowest BCUT2D eigenvalue weighted by Gasteiger charge is -2.24. The molecule has 1 amide bonds. The fourth-order valence-corrected chi connectivity index (χ4v) is 1.75. The maximum absolute atomic E-state index is 13.7. The zero-order chi connectivity index (χ0) is 12.4. The van der Waals surface area contributed by atoms with Crippen LogP contribution in [-0.4, -0.2) is 19.8 Å². The van der Waals surface area contributed by atoms with Crippen molar-refractivity contribution in [1.82, 2.24) is 5.32 Å². The van der Waals surface area contributed by atoms with Crippen LogP contribution in [0.3, 0.4) is 0 Å². The molecule has 1 N–H and O–H groups in total. The summed E-state index contributed by atoms with van der Waals surface area (Å²) in [4.78, 5) is 11.0. The van der Waals surface area contributed by atoms with Gasteiger partial charge < -0.3 is 14.8 Å². The summed E-state index contributed by atoms with van der Waals surface area (Å²) in [5, 5.41) is 2.37. The number of rotatable bonds is 2. The van der Waals surface area contributed by atoms with Gasteiger partial charge in [0.25, 0.3) is 0 Å². The number of cyclic esters (lactones) is 1. The van der Waals surface area contributed by atoms with E-state index in [-0.39, 0.29) is 17.9 Å². The van der Waals surface area contributed by atoms with Crippen molar-refractivity contribution in [2.45, 2.75) is 12.5 Å². The Hall–Kier alpha value is -1.85. The number of hydrogen-bond acceptors (Lipinski definition) is 3. The number of carbonyl (C=O) groups excluding carboxylic acids is 1. The maximum Gasteiger partial charge on any atom is 0.407 e. The highest BCUT2D eigenvalue weighted by Gasteiger charge is 2.26. The quantitative estimate of drug-likeness (QED) is 0.865. The number of nitrogens with one attached hydrogen (secondary N) is 1. The fourth-order valence-electron chi connectivity index (χ4n) is 1.75. The number of methoxy groups -OCH3 is 1. The van der Waals surface area contributed by atoms with Gasteiger partial charge in [0.1, 0.15) is 17.4 Å². The molecular formula is C11H11F2NO3. The molecule has 0 unspecified atom stereocenters. The van der Waals surface area contributed by atoms with Crippen molar-refractivity contribution in [1.29, 1.82) is 0 Å². The Kier molecular flexibility index (Phi) is 3.12. The van der Waals surface area contributed by atoms with Gasteiger partial charge in [-0.2, -0.15) is 0 Å². The van der Waals surface area contributed by atoms with Crippen LogP contribution in [-0.2, 0) is 4.74 Å². The Labute approximate surface area is 96.5 Å². The first-order valence-corrected chi connectivity index (χ1v) is 5.08. The topological polar surface area (TPSA) is 47.6 Å². The Bertz CT molecular complexity index is 427. The summed E-state index contributed by atoms with van der Waals surface area (Å²) in [6.07, 6.45) is -0.345. The molecule has 1 saturated heterocycles. The monoisotopic (exact) mass is 243 g/mol. The number of alkyl carbamates (subject to hydrolysis) is 1. The van der Waals surface area contributed by atoms with Gasteiger partial charge in [-0.3, -0.25) is 0 Å². The SMILES string of the molecule is COc1cc(F)c([C@H]2CCOC(=O)N2)c(F)c1. The first-order chi connectivity index (χ1) is 8.11. The van der Waals surface area contributed by atoms with Gasteiger partial charge in [-0.1, -0.05) is 0 Å². The molecular weight excluding hydrogens is 232 g/mol. The van der Waals surface area contributed by atoms with E-state index in [9.17, 15) is 13.6 Å². The summed E-state index contributed by atoms with van der Waals surface area (Å²) in [6.45, 7) is 0.140. The smallest absolute Gasteiger partial charge is 0.407 e. The van der Waals surface area contributed by atoms with E-state index in [1.807, 2.05) is 0 Å². The van der Waals surface area contributed by atoms with Crippen molar-refractivity contribution in [2.75, 3.05) is 13.7 Å². The van der Waals surface area contributed by atoms with Gasteiger partial charge in [-0.25, -0.2) is 13.6 Å². The highest BCUT2D eigenvalue weighted by atomic mass is 19.1. The summed E-state index contributed by atoms with van der Waals surface area (Å²) in [7, 11) is 1.32. The third-order valence-corrected chi connectivity index (χ3v) is 2.57. The molecule has 1 aliphatic heterocycles. The Morgan fingerprint density at radius 2 is 2.06 bits per heavy atom. The second-order valence-corrected chi connectivity index (χ2v) is 3.63. The molecule has 1 fully saturated rings. The van der Waals surface area contributed by atoms with E-state index >= 15 is 0 Å². The number of amides is 1. The molecule has 0 spiro atoms. The van der Waals surface area contributed by atoms with Crippen molar-refractivity contribution in [2.24, 2.45) is 0 Å². The van der Waals surface area contributed by atoms with Crippen LogP contribution in [0.15, 0.2) is 12.1 Å². The Morgan fingerprint density at radius 1 is 1.41 bits per heavy atom. The van der Waals surface area contributed by atoms with Gasteiger partial charge in [0.05, 0.1) is 19.8 Å². The lowest BCUT2D eigenvalue weighted by atomic mass is 10.0. The fraction of sp³-hybridized carbons (Fsp3) is 0.364. The van der Waals surface area contributed by atoms with Crippen molar-refractivity contribution in [3.8, 4) is 5.75 Å². The number of carbonyl (C=O) groups is 1. The predicted molar refractivity (Wildman–Crippen MR) is 54.8 cm³/mol. The minimum atomic E-state index is -0.742. The number of ether oxygens (including phenoxy) is 2. The minimum absolute atomic E-state index is 0.0992. The van der Waals surface area contributed by atoms with E-state index in [1.165, 1.54) is 7.11 Å². The summed E-state index contributed by atoms with van der Waals surface area (Å²) in [6, 6.07) is 1.46. The zero-order valence-corrected chi connectivity index (χ0v) is 9.13. The first kappa shape index (κ1) is 11.6. The highest BCUT2D eigenvalue weighted by molar-refractivity contribution is 5.68. The normalized spacial score (nSPS) is 19.5. The largest absolute Gasteiger partial charge is 0.497 e. The molecule has 6 heteroatoms. The second kappa shape index (κ2) is 4.57. The van der Waals surface area contributed by atoms with Crippen molar-refractivity contribution in [3.05, 3.63) is 29.3 Å². The molecule has 0 bridgehead atoms. The van der Waals surface area contributed by atoms with Crippen LogP contribution in [0.1, 0.15) is 18.0 Å². The third kappa shape index (κ3) is 2.30. The predicted octanol–water partition coefficient (Wildman–Crippen LogP) is 2.14. The maximum atomic E-state index is 13.7. The molecule has 0 aromatic heterocycles. The van der Waals surface area contributed by atoms with Crippen molar-refractivity contribution in [3.63, 3.8) is 0 Å². The molecule has 92 valence electrons. The van der Waals surface area contributed by atoms with Crippen LogP contribution in [0.5, 0.6) is 5.75 Å². The number of benzene rings is 1. The summed E-state index contributed by atoms with van der Waals surface area (Å²) >= 11 is 0. The number of halogens is 2. The van der Waals surface area contributed by atoms with Crippen molar-refractivity contribution >= 4 is 6.09 Å². The molecule has 0 saturated carbocycles. The van der Waals surface area contributed by atoms with Crippen LogP contribution >= 0.6 is 0 Å². The van der Waals surface area contributed by atoms with E-state index in [2.05, 4.69) is 10.1 Å². The van der Waals surface area contributed by atoms with Gasteiger partial charge in [0.2, 0.25) is 0 Å². The van der Waals surface area contributed by atoms with Crippen molar-refractivity contribution < 1.29 is 23.0 Å². The molecule has 17 heavy (non-hydrogen) atoms. The summed E-state index contributed by atoms with van der Waals surface area (Å²) < 4.78 is 36.8. The molecule has 4 nitrogen and oxygen atoms in total. The van der Waals surface area contributed by atoms with Gasteiger partial charge >= 0.3 is 6.09 Å². The zero-order valence-electron chi connectivity index (χ0n) is 9.13. The summed E-state index contributed by atoms with van der Waals surface area (Å²) in [5.74, 6) is -1.38. The van der Waals surface area contributed by atoms with Crippen LogP contribution in [0.4, 0.5) is 13.6 Å². The van der Waals surface area contributed by atoms with E-state index < -0.39 is 23.8 Å². The van der Waals surface area contributed by atoms with E-state index in [1.54, 1.807) is 0 Å². The molecule has 1 aromatic carbocycles. The lowest BCUT2D eigenvalue weighted by Crippen LogP contribution is -2.36. The molecule has 1 heterocycles. The molecule has 1 aromatic rings. The standard InChI is InChI=1S/C11H11F2NO3/c1-16-6-4-7(12)10(8(13)5-6)9-2-3-17-11(15)14-9/h4-5,9H,2-3H2,1H3,(H,14,15)/t9-/m1/s1. The average Bonchev–Trinajstić information content (AvgIpc) is 2.28. The summed E-state index contributed by atoms with van der Waals surface area (Å²) in [5.41, 5.74) is -0.164. The van der Waals surface area contributed by atoms with Gasteiger partial charge in [0, 0.05) is 24.1 Å². The highest BCUT2D eigenvalue weighted by Crippen LogP contribution is 2.28. The Balaban J connectivity index is 2.34. The molecule has 0 radical (unpaired) electrons. The van der Waals surface area contributed by atoms with Gasteiger partial charge in [-0.05, 0) is 0 Å². The Morgan fingerprint density at radius 3 is 2.59 bits per heavy atom. The molecule has 1 aliphatic rings. The van der Waals surface area contributed by atoms with Crippen LogP contribution in [0, 0.1) is 11.6 Å². The van der Waals surface area contributed by atoms with Gasteiger partial charge in [-0.15, -0.1) is 0 Å². The second-order valence-electron chi connectivity index (χ2n) is 3.63. The van der Waals surface area contributed by atoms with E-state index in [0.29, 0.717) is 6.42 Å². The lowest BCUT2D eigenvalue weighted by molar-refractivity contribution is 0.114. The third-order valence-electron chi connectivity index (χ3n) is 2.57. The van der Waals surface area contributed by atoms with E-state index in [4.69, 9.17) is 4.74 Å². The minimum Gasteiger partial charge on any atom is -0.497 e. The molecule has 0 aliphatic carbocycles. The van der Waals surface area contributed by atoms with Gasteiger partial charge in [0.15, 0.2) is 0 Å². The molecule has 2 rings (SSSR count). The van der Waals surface area contributed by atoms with Crippen LogP contribution < -0.4 is 10.1 Å². The van der Waals surface area contributed by atoms with E-state index in [0.717, 1.165) is 12.1 Å². The first-order valence-electron chi connectivity index (χ1n) is 5.08. The molecule has 1 atom stereocenters.